The maximum Gasteiger partial charge on any atom is 0.272 e. The molecule has 1 aromatic carbocycles. The van der Waals surface area contributed by atoms with Gasteiger partial charge in [-0.15, -0.1) is 0 Å². The summed E-state index contributed by atoms with van der Waals surface area (Å²) in [5.41, 5.74) is 3.03. The van der Waals surface area contributed by atoms with Crippen LogP contribution < -0.4 is 0 Å². The van der Waals surface area contributed by atoms with Crippen LogP contribution in [0.1, 0.15) is 52.8 Å². The van der Waals surface area contributed by atoms with E-state index in [1.54, 1.807) is 6.07 Å². The molecular formula is C22H28N4O. The van der Waals surface area contributed by atoms with Crippen LogP contribution in [0.2, 0.25) is 0 Å². The Hall–Kier alpha value is -2.27. The molecule has 1 atom stereocenters. The summed E-state index contributed by atoms with van der Waals surface area (Å²) in [6, 6.07) is 12.6. The van der Waals surface area contributed by atoms with Gasteiger partial charge < -0.3 is 4.90 Å². The number of likely N-dealkylation sites (tertiary alicyclic amines) is 2. The van der Waals surface area contributed by atoms with E-state index in [0.717, 1.165) is 38.2 Å². The van der Waals surface area contributed by atoms with Crippen molar-refractivity contribution in [3.8, 4) is 0 Å². The molecule has 142 valence electrons. The topological polar surface area (TPSA) is 49.3 Å². The molecule has 2 aliphatic heterocycles. The van der Waals surface area contributed by atoms with Gasteiger partial charge in [0.25, 0.3) is 5.91 Å². The quantitative estimate of drug-likeness (QED) is 0.821. The third kappa shape index (κ3) is 3.48. The summed E-state index contributed by atoms with van der Waals surface area (Å²) < 4.78 is 0. The number of hydrogen-bond acceptors (Lipinski definition) is 4. The third-order valence-corrected chi connectivity index (χ3v) is 6.37. The molecule has 1 amide bonds. The van der Waals surface area contributed by atoms with E-state index in [1.165, 1.54) is 12.0 Å². The molecule has 0 N–H and O–H groups in total. The van der Waals surface area contributed by atoms with Gasteiger partial charge in [-0.2, -0.15) is 0 Å². The Morgan fingerprint density at radius 3 is 2.48 bits per heavy atom. The Balaban J connectivity index is 1.44. The Labute approximate surface area is 161 Å². The molecule has 0 radical (unpaired) electrons. The molecule has 5 nitrogen and oxygen atoms in total. The van der Waals surface area contributed by atoms with E-state index in [0.29, 0.717) is 17.4 Å². The van der Waals surface area contributed by atoms with Crippen molar-refractivity contribution in [2.45, 2.75) is 44.6 Å². The van der Waals surface area contributed by atoms with Crippen molar-refractivity contribution < 1.29 is 4.79 Å². The van der Waals surface area contributed by atoms with Crippen molar-refractivity contribution in [1.82, 2.24) is 19.8 Å². The minimum atomic E-state index is 0.0405. The molecule has 2 aromatic rings. The number of aromatic nitrogens is 2. The van der Waals surface area contributed by atoms with Crippen LogP contribution in [0, 0.1) is 13.8 Å². The fourth-order valence-corrected chi connectivity index (χ4v) is 4.85. The van der Waals surface area contributed by atoms with Crippen molar-refractivity contribution in [3.05, 3.63) is 59.2 Å². The first-order valence-corrected chi connectivity index (χ1v) is 9.85. The number of aryl methyl sites for hydroxylation is 2. The number of piperidine rings is 1. The van der Waals surface area contributed by atoms with Crippen LogP contribution in [0.5, 0.6) is 0 Å². The number of hydrogen-bond donors (Lipinski definition) is 0. The Kier molecular flexibility index (Phi) is 4.72. The summed E-state index contributed by atoms with van der Waals surface area (Å²) in [5.74, 6) is 1.29. The molecular weight excluding hydrogens is 336 g/mol. The lowest BCUT2D eigenvalue weighted by Crippen LogP contribution is -2.52. The average Bonchev–Trinajstić information content (AvgIpc) is 2.98. The minimum absolute atomic E-state index is 0.0405. The fraction of sp³-hybridized carbons (Fsp3) is 0.500. The average molecular weight is 364 g/mol. The zero-order valence-electron chi connectivity index (χ0n) is 16.5. The molecule has 0 aliphatic carbocycles. The van der Waals surface area contributed by atoms with Gasteiger partial charge in [0.1, 0.15) is 11.5 Å². The highest BCUT2D eigenvalue weighted by Gasteiger charge is 2.46. The SMILES string of the molecule is Cc1cc(C(=O)N2CCC3(CC2)C[C@@H](c2ccccc2)CN3C)nc(C)n1. The van der Waals surface area contributed by atoms with Crippen LogP contribution in [0.15, 0.2) is 36.4 Å². The molecule has 0 unspecified atom stereocenters. The number of nitrogens with zero attached hydrogens (tertiary/aromatic N) is 4. The van der Waals surface area contributed by atoms with Crippen LogP contribution in [-0.4, -0.2) is 57.9 Å². The predicted octanol–water partition coefficient (Wildman–Crippen LogP) is 3.19. The number of carbonyl (C=O) groups is 1. The number of rotatable bonds is 2. The molecule has 1 spiro atoms. The van der Waals surface area contributed by atoms with Gasteiger partial charge in [0.15, 0.2) is 0 Å². The summed E-state index contributed by atoms with van der Waals surface area (Å²) in [6.45, 7) is 6.45. The lowest BCUT2D eigenvalue weighted by molar-refractivity contribution is 0.0487. The zero-order valence-corrected chi connectivity index (χ0v) is 16.5. The monoisotopic (exact) mass is 364 g/mol. The molecule has 5 heteroatoms. The summed E-state index contributed by atoms with van der Waals surface area (Å²) in [7, 11) is 2.25. The highest BCUT2D eigenvalue weighted by Crippen LogP contribution is 2.44. The minimum Gasteiger partial charge on any atom is -0.337 e. The first-order valence-electron chi connectivity index (χ1n) is 9.85. The van der Waals surface area contributed by atoms with Crippen LogP contribution in [0.25, 0.3) is 0 Å². The second-order valence-corrected chi connectivity index (χ2v) is 8.15. The van der Waals surface area contributed by atoms with E-state index >= 15 is 0 Å². The Morgan fingerprint density at radius 1 is 1.11 bits per heavy atom. The summed E-state index contributed by atoms with van der Waals surface area (Å²) in [6.07, 6.45) is 3.24. The summed E-state index contributed by atoms with van der Waals surface area (Å²) in [5, 5.41) is 0. The van der Waals surface area contributed by atoms with Crippen LogP contribution in [-0.2, 0) is 0 Å². The number of amides is 1. The molecule has 27 heavy (non-hydrogen) atoms. The van der Waals surface area contributed by atoms with Gasteiger partial charge in [-0.25, -0.2) is 9.97 Å². The van der Waals surface area contributed by atoms with Gasteiger partial charge in [-0.3, -0.25) is 9.69 Å². The van der Waals surface area contributed by atoms with E-state index in [9.17, 15) is 4.79 Å². The Bertz CT molecular complexity index is 807. The van der Waals surface area contributed by atoms with Gasteiger partial charge in [-0.1, -0.05) is 30.3 Å². The fourth-order valence-electron chi connectivity index (χ4n) is 4.85. The van der Waals surface area contributed by atoms with Gasteiger partial charge in [0.2, 0.25) is 0 Å². The van der Waals surface area contributed by atoms with E-state index in [1.807, 2.05) is 18.7 Å². The molecule has 2 fully saturated rings. The first kappa shape index (κ1) is 18.1. The summed E-state index contributed by atoms with van der Waals surface area (Å²) in [4.78, 5) is 26.0. The first-order chi connectivity index (χ1) is 13.0. The largest absolute Gasteiger partial charge is 0.337 e. The Morgan fingerprint density at radius 2 is 1.81 bits per heavy atom. The van der Waals surface area contributed by atoms with Crippen molar-refractivity contribution in [1.29, 1.82) is 0 Å². The van der Waals surface area contributed by atoms with Crippen molar-refractivity contribution >= 4 is 5.91 Å². The van der Waals surface area contributed by atoms with Gasteiger partial charge >= 0.3 is 0 Å². The maximum atomic E-state index is 12.9. The third-order valence-electron chi connectivity index (χ3n) is 6.37. The molecule has 0 saturated carbocycles. The molecule has 1 aromatic heterocycles. The highest BCUT2D eigenvalue weighted by molar-refractivity contribution is 5.92. The van der Waals surface area contributed by atoms with Gasteiger partial charge in [-0.05, 0) is 57.7 Å². The number of likely N-dealkylation sites (N-methyl/N-ethyl adjacent to an activating group) is 1. The van der Waals surface area contributed by atoms with Crippen molar-refractivity contribution in [2.75, 3.05) is 26.7 Å². The van der Waals surface area contributed by atoms with Crippen molar-refractivity contribution in [2.24, 2.45) is 0 Å². The van der Waals surface area contributed by atoms with E-state index in [2.05, 4.69) is 52.2 Å². The van der Waals surface area contributed by atoms with E-state index in [-0.39, 0.29) is 11.4 Å². The van der Waals surface area contributed by atoms with Gasteiger partial charge in [0.05, 0.1) is 0 Å². The summed E-state index contributed by atoms with van der Waals surface area (Å²) >= 11 is 0. The maximum absolute atomic E-state index is 12.9. The molecule has 2 aliphatic rings. The number of benzene rings is 1. The second kappa shape index (κ2) is 7.04. The van der Waals surface area contributed by atoms with E-state index < -0.39 is 0 Å². The van der Waals surface area contributed by atoms with Gasteiger partial charge in [0, 0.05) is 30.9 Å². The second-order valence-electron chi connectivity index (χ2n) is 8.15. The predicted molar refractivity (Wildman–Crippen MR) is 106 cm³/mol. The van der Waals surface area contributed by atoms with Crippen LogP contribution in [0.3, 0.4) is 0 Å². The molecule has 3 heterocycles. The highest BCUT2D eigenvalue weighted by atomic mass is 16.2. The van der Waals surface area contributed by atoms with Crippen molar-refractivity contribution in [3.63, 3.8) is 0 Å². The molecule has 2 saturated heterocycles. The lowest BCUT2D eigenvalue weighted by Gasteiger charge is -2.43. The van der Waals surface area contributed by atoms with Crippen LogP contribution >= 0.6 is 0 Å². The number of carbonyl (C=O) groups excluding carboxylic acids is 1. The smallest absolute Gasteiger partial charge is 0.272 e. The van der Waals surface area contributed by atoms with E-state index in [4.69, 9.17) is 0 Å². The normalized spacial score (nSPS) is 22.3. The lowest BCUT2D eigenvalue weighted by atomic mass is 9.81. The molecule has 4 rings (SSSR count). The van der Waals surface area contributed by atoms with Crippen LogP contribution in [0.4, 0.5) is 0 Å². The zero-order chi connectivity index (χ0) is 19.0. The standard InChI is InChI=1S/C22H28N4O/c1-16-13-20(24-17(2)23-16)21(27)26-11-9-22(10-12-26)14-19(15-25(22)3)18-7-5-4-6-8-18/h4-8,13,19H,9-12,14-15H2,1-3H3/t19-/m1/s1. The molecule has 0 bridgehead atoms.